The summed E-state index contributed by atoms with van der Waals surface area (Å²) in [4.78, 5) is 0.718. The summed E-state index contributed by atoms with van der Waals surface area (Å²) in [6.45, 7) is 2.11. The number of aryl methyl sites for hydroxylation is 1. The molecule has 0 amide bonds. The molecule has 0 aliphatic carbocycles. The standard InChI is InChI=1S/C19H14N2S/c1-2-14-3-7-17(8-4-14)19(22)10-9-16-6-5-15(12-20)11-18(16)13-21/h3-11H,2H2,1H3. The second-order valence-corrected chi connectivity index (χ2v) is 5.21. The molecule has 0 aliphatic heterocycles. The molecular weight excluding hydrogens is 288 g/mol. The van der Waals surface area contributed by atoms with Crippen LogP contribution in [0.25, 0.3) is 6.08 Å². The zero-order chi connectivity index (χ0) is 15.9. The van der Waals surface area contributed by atoms with E-state index >= 15 is 0 Å². The summed E-state index contributed by atoms with van der Waals surface area (Å²) in [5, 5.41) is 18.0. The molecule has 0 heterocycles. The van der Waals surface area contributed by atoms with Gasteiger partial charge in [0.05, 0.1) is 23.3 Å². The lowest BCUT2D eigenvalue weighted by Crippen LogP contribution is -1.93. The number of nitriles is 2. The van der Waals surface area contributed by atoms with Crippen LogP contribution in [-0.2, 0) is 6.42 Å². The molecule has 2 aromatic carbocycles. The Morgan fingerprint density at radius 1 is 1.09 bits per heavy atom. The molecule has 0 N–H and O–H groups in total. The Bertz CT molecular complexity index is 803. The molecule has 0 aromatic heterocycles. The van der Waals surface area contributed by atoms with Gasteiger partial charge in [-0.1, -0.05) is 55.5 Å². The quantitative estimate of drug-likeness (QED) is 0.477. The van der Waals surface area contributed by atoms with Crippen LogP contribution in [-0.4, -0.2) is 4.86 Å². The van der Waals surface area contributed by atoms with Crippen molar-refractivity contribution in [1.82, 2.24) is 0 Å². The fraction of sp³-hybridized carbons (Fsp3) is 0.105. The number of hydrogen-bond acceptors (Lipinski definition) is 3. The van der Waals surface area contributed by atoms with E-state index in [1.165, 1.54) is 5.56 Å². The van der Waals surface area contributed by atoms with Gasteiger partial charge in [-0.05, 0) is 41.3 Å². The molecule has 2 rings (SSSR count). The van der Waals surface area contributed by atoms with Crippen molar-refractivity contribution >= 4 is 23.2 Å². The van der Waals surface area contributed by atoms with Crippen LogP contribution in [0.4, 0.5) is 0 Å². The van der Waals surface area contributed by atoms with Crippen molar-refractivity contribution in [3.63, 3.8) is 0 Å². The Labute approximate surface area is 135 Å². The fourth-order valence-corrected chi connectivity index (χ4v) is 2.24. The van der Waals surface area contributed by atoms with Gasteiger partial charge in [0.2, 0.25) is 0 Å². The van der Waals surface area contributed by atoms with E-state index in [0.717, 1.165) is 22.4 Å². The van der Waals surface area contributed by atoms with Crippen molar-refractivity contribution in [3.05, 3.63) is 76.4 Å². The highest BCUT2D eigenvalue weighted by molar-refractivity contribution is 7.81. The maximum atomic E-state index is 9.15. The SMILES string of the molecule is CCc1ccc(C(=S)C=Cc2ccc(C#N)cc2C#N)cc1. The first kappa shape index (κ1) is 15.6. The third-order valence-corrected chi connectivity index (χ3v) is 3.74. The third kappa shape index (κ3) is 3.67. The molecule has 3 heteroatoms. The lowest BCUT2D eigenvalue weighted by Gasteiger charge is -2.02. The van der Waals surface area contributed by atoms with Crippen LogP contribution >= 0.6 is 12.2 Å². The summed E-state index contributed by atoms with van der Waals surface area (Å²) in [5.41, 5.74) is 3.96. The molecule has 106 valence electrons. The van der Waals surface area contributed by atoms with E-state index in [4.69, 9.17) is 22.7 Å². The molecule has 0 fully saturated rings. The summed E-state index contributed by atoms with van der Waals surface area (Å²) < 4.78 is 0. The molecule has 2 nitrogen and oxygen atoms in total. The minimum atomic E-state index is 0.472. The van der Waals surface area contributed by atoms with Crippen molar-refractivity contribution < 1.29 is 0 Å². The molecule has 0 radical (unpaired) electrons. The third-order valence-electron chi connectivity index (χ3n) is 3.36. The maximum absolute atomic E-state index is 9.15. The van der Waals surface area contributed by atoms with E-state index < -0.39 is 0 Å². The number of benzene rings is 2. The summed E-state index contributed by atoms with van der Waals surface area (Å²) in [6.07, 6.45) is 4.63. The monoisotopic (exact) mass is 302 g/mol. The average Bonchev–Trinajstić information content (AvgIpc) is 2.59. The second kappa shape index (κ2) is 7.31. The van der Waals surface area contributed by atoms with Gasteiger partial charge in [-0.25, -0.2) is 0 Å². The van der Waals surface area contributed by atoms with Gasteiger partial charge in [-0.3, -0.25) is 0 Å². The fourth-order valence-electron chi connectivity index (χ4n) is 2.03. The van der Waals surface area contributed by atoms with Crippen molar-refractivity contribution in [2.75, 3.05) is 0 Å². The van der Waals surface area contributed by atoms with Gasteiger partial charge < -0.3 is 0 Å². The number of allylic oxidation sites excluding steroid dienone is 1. The van der Waals surface area contributed by atoms with E-state index in [1.54, 1.807) is 18.2 Å². The van der Waals surface area contributed by atoms with E-state index in [1.807, 2.05) is 30.4 Å². The Kier molecular flexibility index (Phi) is 5.20. The largest absolute Gasteiger partial charge is 0.192 e. The van der Waals surface area contributed by atoms with Gasteiger partial charge in [0.25, 0.3) is 0 Å². The number of rotatable bonds is 4. The smallest absolute Gasteiger partial charge is 0.0998 e. The van der Waals surface area contributed by atoms with Crippen LogP contribution in [0.1, 0.15) is 34.7 Å². The predicted octanol–water partition coefficient (Wildman–Crippen LogP) is 4.42. The molecule has 2 aromatic rings. The van der Waals surface area contributed by atoms with E-state index in [9.17, 15) is 0 Å². The van der Waals surface area contributed by atoms with Gasteiger partial charge in [-0.15, -0.1) is 0 Å². The molecule has 0 saturated carbocycles. The Balaban J connectivity index is 2.22. The van der Waals surface area contributed by atoms with Gasteiger partial charge >= 0.3 is 0 Å². The predicted molar refractivity (Wildman–Crippen MR) is 92.4 cm³/mol. The first-order chi connectivity index (χ1) is 10.7. The highest BCUT2D eigenvalue weighted by Crippen LogP contribution is 2.14. The van der Waals surface area contributed by atoms with Crippen LogP contribution in [0.3, 0.4) is 0 Å². The molecule has 0 spiro atoms. The Morgan fingerprint density at radius 2 is 1.82 bits per heavy atom. The van der Waals surface area contributed by atoms with E-state index in [2.05, 4.69) is 25.1 Å². The van der Waals surface area contributed by atoms with Gasteiger partial charge in [0, 0.05) is 4.86 Å². The molecule has 0 unspecified atom stereocenters. The lowest BCUT2D eigenvalue weighted by atomic mass is 10.0. The van der Waals surface area contributed by atoms with Crippen LogP contribution < -0.4 is 0 Å². The van der Waals surface area contributed by atoms with Gasteiger partial charge in [0.15, 0.2) is 0 Å². The normalized spacial score (nSPS) is 10.1. The maximum Gasteiger partial charge on any atom is 0.0998 e. The van der Waals surface area contributed by atoms with Gasteiger partial charge in [-0.2, -0.15) is 10.5 Å². The molecular formula is C19H14N2S. The zero-order valence-electron chi connectivity index (χ0n) is 12.2. The minimum Gasteiger partial charge on any atom is -0.192 e. The first-order valence-electron chi connectivity index (χ1n) is 6.93. The summed E-state index contributed by atoms with van der Waals surface area (Å²) in [6, 6.07) is 17.3. The van der Waals surface area contributed by atoms with E-state index in [0.29, 0.717) is 11.1 Å². The number of thiocarbonyl (C=S) groups is 1. The minimum absolute atomic E-state index is 0.472. The van der Waals surface area contributed by atoms with E-state index in [-0.39, 0.29) is 0 Å². The van der Waals surface area contributed by atoms with Crippen LogP contribution in [0.2, 0.25) is 0 Å². The highest BCUT2D eigenvalue weighted by Gasteiger charge is 2.02. The number of hydrogen-bond donors (Lipinski definition) is 0. The molecule has 0 bridgehead atoms. The highest BCUT2D eigenvalue weighted by atomic mass is 32.1. The lowest BCUT2D eigenvalue weighted by molar-refractivity contribution is 1.14. The van der Waals surface area contributed by atoms with Crippen molar-refractivity contribution in [2.24, 2.45) is 0 Å². The van der Waals surface area contributed by atoms with Crippen molar-refractivity contribution in [1.29, 1.82) is 10.5 Å². The summed E-state index contributed by atoms with van der Waals surface area (Å²) in [5.74, 6) is 0. The molecule has 0 saturated heterocycles. The zero-order valence-corrected chi connectivity index (χ0v) is 13.0. The molecule has 0 aliphatic rings. The number of nitrogens with zero attached hydrogens (tertiary/aromatic N) is 2. The summed E-state index contributed by atoms with van der Waals surface area (Å²) in [7, 11) is 0. The Morgan fingerprint density at radius 3 is 2.41 bits per heavy atom. The molecule has 22 heavy (non-hydrogen) atoms. The van der Waals surface area contributed by atoms with Gasteiger partial charge in [0.1, 0.15) is 0 Å². The Hall–Kier alpha value is -2.75. The first-order valence-corrected chi connectivity index (χ1v) is 7.34. The summed E-state index contributed by atoms with van der Waals surface area (Å²) >= 11 is 5.41. The molecule has 0 atom stereocenters. The average molecular weight is 302 g/mol. The van der Waals surface area contributed by atoms with Crippen molar-refractivity contribution in [2.45, 2.75) is 13.3 Å². The van der Waals surface area contributed by atoms with Crippen LogP contribution in [0.15, 0.2) is 48.5 Å². The van der Waals surface area contributed by atoms with Crippen LogP contribution in [0, 0.1) is 22.7 Å². The van der Waals surface area contributed by atoms with Crippen LogP contribution in [0.5, 0.6) is 0 Å². The topological polar surface area (TPSA) is 47.6 Å². The second-order valence-electron chi connectivity index (χ2n) is 4.77. The van der Waals surface area contributed by atoms with Crippen molar-refractivity contribution in [3.8, 4) is 12.1 Å².